The molecule has 0 radical (unpaired) electrons. The Hall–Kier alpha value is -2.22. The van der Waals surface area contributed by atoms with Gasteiger partial charge < -0.3 is 5.32 Å². The molecule has 0 unspecified atom stereocenters. The molecule has 0 amide bonds. The average Bonchev–Trinajstić information content (AvgIpc) is 2.45. The summed E-state index contributed by atoms with van der Waals surface area (Å²) in [5.41, 5.74) is 0.320. The normalized spacial score (nSPS) is 11.5. The highest BCUT2D eigenvalue weighted by atomic mass is 32.2. The van der Waals surface area contributed by atoms with Crippen molar-refractivity contribution in [2.24, 2.45) is 5.92 Å². The van der Waals surface area contributed by atoms with E-state index in [9.17, 15) is 12.8 Å². The maximum atomic E-state index is 13.1. The van der Waals surface area contributed by atoms with E-state index < -0.39 is 15.8 Å². The zero-order valence-corrected chi connectivity index (χ0v) is 14.0. The number of rotatable bonds is 6. The van der Waals surface area contributed by atoms with Crippen LogP contribution in [-0.4, -0.2) is 25.2 Å². The van der Waals surface area contributed by atoms with Crippen molar-refractivity contribution in [1.29, 1.82) is 0 Å². The molecule has 0 aliphatic carbocycles. The Morgan fingerprint density at radius 1 is 1.13 bits per heavy atom. The minimum absolute atomic E-state index is 0.00251. The van der Waals surface area contributed by atoms with E-state index in [0.29, 0.717) is 17.3 Å². The molecule has 0 spiro atoms. The van der Waals surface area contributed by atoms with Crippen LogP contribution in [0.15, 0.2) is 35.2 Å². The molecule has 0 aliphatic heterocycles. The van der Waals surface area contributed by atoms with Crippen LogP contribution < -0.4 is 10.0 Å². The molecule has 8 heteroatoms. The van der Waals surface area contributed by atoms with Crippen molar-refractivity contribution in [3.8, 4) is 0 Å². The number of anilines is 2. The second-order valence-corrected chi connectivity index (χ2v) is 7.24. The topological polar surface area (TPSA) is 84.0 Å². The van der Waals surface area contributed by atoms with Gasteiger partial charge in [-0.25, -0.2) is 12.8 Å². The third kappa shape index (κ3) is 4.62. The van der Waals surface area contributed by atoms with Gasteiger partial charge in [0, 0.05) is 6.54 Å². The van der Waals surface area contributed by atoms with Gasteiger partial charge in [-0.2, -0.15) is 0 Å². The Labute approximate surface area is 135 Å². The zero-order valence-electron chi connectivity index (χ0n) is 13.2. The van der Waals surface area contributed by atoms with Crippen LogP contribution in [0.4, 0.5) is 16.0 Å². The van der Waals surface area contributed by atoms with Gasteiger partial charge in [0.1, 0.15) is 11.6 Å². The lowest BCUT2D eigenvalue weighted by Gasteiger charge is -2.10. The standard InChI is InChI=1S/C15H19FN4O2S/c1-10(2)9-17-14-6-7-15(19-18-14)20-23(21,22)13-5-4-12(16)8-11(13)3/h4-8,10H,9H2,1-3H3,(H,17,18)(H,19,20). The number of nitrogens with one attached hydrogen (secondary N) is 2. The van der Waals surface area contributed by atoms with Gasteiger partial charge in [0.2, 0.25) is 0 Å². The summed E-state index contributed by atoms with van der Waals surface area (Å²) in [5, 5.41) is 10.8. The SMILES string of the molecule is Cc1cc(F)ccc1S(=O)(=O)Nc1ccc(NCC(C)C)nn1. The summed E-state index contributed by atoms with van der Waals surface area (Å²) in [6.07, 6.45) is 0. The van der Waals surface area contributed by atoms with Crippen LogP contribution in [0, 0.1) is 18.7 Å². The molecule has 0 atom stereocenters. The molecule has 0 saturated carbocycles. The van der Waals surface area contributed by atoms with Crippen LogP contribution in [0.1, 0.15) is 19.4 Å². The van der Waals surface area contributed by atoms with Crippen LogP contribution in [-0.2, 0) is 10.0 Å². The fourth-order valence-corrected chi connectivity index (χ4v) is 3.12. The molecular formula is C15H19FN4O2S. The molecule has 1 heterocycles. The Balaban J connectivity index is 2.14. The summed E-state index contributed by atoms with van der Waals surface area (Å²) in [4.78, 5) is 0.00251. The maximum absolute atomic E-state index is 13.1. The first kappa shape index (κ1) is 17.1. The fourth-order valence-electron chi connectivity index (χ4n) is 1.90. The number of aromatic nitrogens is 2. The molecule has 124 valence electrons. The van der Waals surface area contributed by atoms with Crippen molar-refractivity contribution in [3.05, 3.63) is 41.7 Å². The van der Waals surface area contributed by atoms with E-state index >= 15 is 0 Å². The first-order valence-corrected chi connectivity index (χ1v) is 8.63. The molecule has 1 aromatic carbocycles. The highest BCUT2D eigenvalue weighted by Crippen LogP contribution is 2.19. The van der Waals surface area contributed by atoms with Crippen LogP contribution in [0.2, 0.25) is 0 Å². The minimum Gasteiger partial charge on any atom is -0.368 e. The maximum Gasteiger partial charge on any atom is 0.263 e. The number of aryl methyl sites for hydroxylation is 1. The number of nitrogens with zero attached hydrogens (tertiary/aromatic N) is 2. The van der Waals surface area contributed by atoms with E-state index in [1.807, 2.05) is 0 Å². The third-order valence-electron chi connectivity index (χ3n) is 3.02. The monoisotopic (exact) mass is 338 g/mol. The van der Waals surface area contributed by atoms with Crippen LogP contribution in [0.3, 0.4) is 0 Å². The van der Waals surface area contributed by atoms with Crippen molar-refractivity contribution >= 4 is 21.7 Å². The summed E-state index contributed by atoms with van der Waals surface area (Å²) >= 11 is 0. The molecule has 2 rings (SSSR count). The quantitative estimate of drug-likeness (QED) is 0.846. The molecule has 0 fully saturated rings. The van der Waals surface area contributed by atoms with E-state index in [1.165, 1.54) is 25.1 Å². The van der Waals surface area contributed by atoms with Crippen molar-refractivity contribution in [2.45, 2.75) is 25.7 Å². The lowest BCUT2D eigenvalue weighted by atomic mass is 10.2. The van der Waals surface area contributed by atoms with Gasteiger partial charge in [-0.05, 0) is 48.7 Å². The number of benzene rings is 1. The summed E-state index contributed by atoms with van der Waals surface area (Å²) in [5.74, 6) is 0.640. The summed E-state index contributed by atoms with van der Waals surface area (Å²) < 4.78 is 40.1. The first-order chi connectivity index (χ1) is 10.8. The van der Waals surface area contributed by atoms with Crippen molar-refractivity contribution < 1.29 is 12.8 Å². The van der Waals surface area contributed by atoms with Gasteiger partial charge in [-0.3, -0.25) is 4.72 Å². The number of halogens is 1. The summed E-state index contributed by atoms with van der Waals surface area (Å²) in [6, 6.07) is 6.65. The highest BCUT2D eigenvalue weighted by molar-refractivity contribution is 7.92. The predicted molar refractivity (Wildman–Crippen MR) is 87.3 cm³/mol. The fraction of sp³-hybridized carbons (Fsp3) is 0.333. The first-order valence-electron chi connectivity index (χ1n) is 7.14. The number of hydrogen-bond donors (Lipinski definition) is 2. The zero-order chi connectivity index (χ0) is 17.0. The van der Waals surface area contributed by atoms with Crippen molar-refractivity contribution in [3.63, 3.8) is 0 Å². The Kier molecular flexibility index (Phi) is 5.15. The predicted octanol–water partition coefficient (Wildman–Crippen LogP) is 2.79. The lowest BCUT2D eigenvalue weighted by Crippen LogP contribution is -2.16. The molecular weight excluding hydrogens is 319 g/mol. The van der Waals surface area contributed by atoms with E-state index in [2.05, 4.69) is 34.1 Å². The minimum atomic E-state index is -3.84. The van der Waals surface area contributed by atoms with Gasteiger partial charge >= 0.3 is 0 Å². The Bertz CT molecular complexity index is 777. The largest absolute Gasteiger partial charge is 0.368 e. The van der Waals surface area contributed by atoms with Crippen LogP contribution in [0.5, 0.6) is 0 Å². The van der Waals surface area contributed by atoms with Gasteiger partial charge in [0.15, 0.2) is 5.82 Å². The van der Waals surface area contributed by atoms with Gasteiger partial charge in [-0.15, -0.1) is 10.2 Å². The molecule has 6 nitrogen and oxygen atoms in total. The van der Waals surface area contributed by atoms with Crippen LogP contribution in [0.25, 0.3) is 0 Å². The average molecular weight is 338 g/mol. The van der Waals surface area contributed by atoms with E-state index in [4.69, 9.17) is 0 Å². The van der Waals surface area contributed by atoms with E-state index in [1.54, 1.807) is 6.07 Å². The Morgan fingerprint density at radius 3 is 2.35 bits per heavy atom. The molecule has 23 heavy (non-hydrogen) atoms. The van der Waals surface area contributed by atoms with Gasteiger partial charge in [0.25, 0.3) is 10.0 Å². The third-order valence-corrected chi connectivity index (χ3v) is 4.54. The molecule has 2 aromatic rings. The van der Waals surface area contributed by atoms with Gasteiger partial charge in [0.05, 0.1) is 4.90 Å². The molecule has 1 aromatic heterocycles. The smallest absolute Gasteiger partial charge is 0.263 e. The molecule has 0 bridgehead atoms. The second-order valence-electron chi connectivity index (χ2n) is 5.59. The molecule has 0 saturated heterocycles. The summed E-state index contributed by atoms with van der Waals surface area (Å²) in [6.45, 7) is 6.40. The number of hydrogen-bond acceptors (Lipinski definition) is 5. The highest BCUT2D eigenvalue weighted by Gasteiger charge is 2.18. The van der Waals surface area contributed by atoms with Crippen molar-refractivity contribution in [1.82, 2.24) is 10.2 Å². The number of sulfonamides is 1. The van der Waals surface area contributed by atoms with E-state index in [0.717, 1.165) is 12.6 Å². The van der Waals surface area contributed by atoms with Crippen molar-refractivity contribution in [2.75, 3.05) is 16.6 Å². The lowest BCUT2D eigenvalue weighted by molar-refractivity contribution is 0.598. The second kappa shape index (κ2) is 6.91. The van der Waals surface area contributed by atoms with E-state index in [-0.39, 0.29) is 10.7 Å². The Morgan fingerprint density at radius 2 is 1.78 bits per heavy atom. The summed E-state index contributed by atoms with van der Waals surface area (Å²) in [7, 11) is -3.84. The van der Waals surface area contributed by atoms with Gasteiger partial charge in [-0.1, -0.05) is 13.8 Å². The molecule has 2 N–H and O–H groups in total. The molecule has 0 aliphatic rings. The van der Waals surface area contributed by atoms with Crippen LogP contribution >= 0.6 is 0 Å².